The Bertz CT molecular complexity index is 612. The molecule has 0 bridgehead atoms. The van der Waals surface area contributed by atoms with Gasteiger partial charge in [0.15, 0.2) is 0 Å². The molecule has 1 aliphatic rings. The van der Waals surface area contributed by atoms with Gasteiger partial charge in [0.2, 0.25) is 15.9 Å². The molecule has 1 fully saturated rings. The van der Waals surface area contributed by atoms with Gasteiger partial charge in [0.05, 0.1) is 15.6 Å². The van der Waals surface area contributed by atoms with Crippen LogP contribution in [0.15, 0.2) is 23.1 Å². The van der Waals surface area contributed by atoms with Gasteiger partial charge in [-0.05, 0) is 31.0 Å². The smallest absolute Gasteiger partial charge is 0.238 e. The SMILES string of the molecule is NS(=O)(=O)c1ccc(NC(=O)C2CCOCC2)c(Cl)c1. The Kier molecular flexibility index (Phi) is 4.64. The molecule has 0 atom stereocenters. The summed E-state index contributed by atoms with van der Waals surface area (Å²) in [6.07, 6.45) is 1.33. The number of sulfonamides is 1. The molecule has 0 aromatic heterocycles. The molecule has 0 aliphatic carbocycles. The normalized spacial score (nSPS) is 16.9. The Balaban J connectivity index is 2.11. The van der Waals surface area contributed by atoms with E-state index < -0.39 is 10.0 Å². The summed E-state index contributed by atoms with van der Waals surface area (Å²) in [4.78, 5) is 11.9. The number of primary sulfonamides is 1. The van der Waals surface area contributed by atoms with Crippen molar-refractivity contribution in [3.63, 3.8) is 0 Å². The lowest BCUT2D eigenvalue weighted by atomic mass is 9.99. The lowest BCUT2D eigenvalue weighted by molar-refractivity contribution is -0.122. The second-order valence-electron chi connectivity index (χ2n) is 4.56. The first-order valence-electron chi connectivity index (χ1n) is 6.09. The summed E-state index contributed by atoms with van der Waals surface area (Å²) in [5.41, 5.74) is 0.371. The van der Waals surface area contributed by atoms with Gasteiger partial charge >= 0.3 is 0 Å². The van der Waals surface area contributed by atoms with E-state index in [-0.39, 0.29) is 21.7 Å². The zero-order chi connectivity index (χ0) is 14.8. The Morgan fingerprint density at radius 1 is 1.35 bits per heavy atom. The zero-order valence-corrected chi connectivity index (χ0v) is 12.2. The Morgan fingerprint density at radius 2 is 2.00 bits per heavy atom. The van der Waals surface area contributed by atoms with Crippen LogP contribution >= 0.6 is 11.6 Å². The maximum absolute atomic E-state index is 12.0. The minimum atomic E-state index is -3.80. The topological polar surface area (TPSA) is 98.5 Å². The molecule has 8 heteroatoms. The first-order valence-corrected chi connectivity index (χ1v) is 8.01. The van der Waals surface area contributed by atoms with Gasteiger partial charge in [-0.25, -0.2) is 13.6 Å². The molecule has 1 heterocycles. The maximum Gasteiger partial charge on any atom is 0.238 e. The van der Waals surface area contributed by atoms with Crippen molar-refractivity contribution in [3.8, 4) is 0 Å². The Hall–Kier alpha value is -1.15. The molecular formula is C12H15ClN2O4S. The van der Waals surface area contributed by atoms with Crippen LogP contribution in [0.3, 0.4) is 0 Å². The van der Waals surface area contributed by atoms with E-state index in [4.69, 9.17) is 21.5 Å². The highest BCUT2D eigenvalue weighted by Crippen LogP contribution is 2.26. The highest BCUT2D eigenvalue weighted by atomic mass is 35.5. The molecule has 0 spiro atoms. The van der Waals surface area contributed by atoms with Gasteiger partial charge in [-0.3, -0.25) is 4.79 Å². The van der Waals surface area contributed by atoms with Gasteiger partial charge in [-0.2, -0.15) is 0 Å². The molecule has 110 valence electrons. The van der Waals surface area contributed by atoms with Crippen molar-refractivity contribution in [3.05, 3.63) is 23.2 Å². The van der Waals surface area contributed by atoms with Crippen LogP contribution in [0.5, 0.6) is 0 Å². The number of nitrogens with two attached hydrogens (primary N) is 1. The van der Waals surface area contributed by atoms with Gasteiger partial charge in [0.1, 0.15) is 0 Å². The van der Waals surface area contributed by atoms with Crippen LogP contribution in [0.1, 0.15) is 12.8 Å². The number of carbonyl (C=O) groups is 1. The first-order chi connectivity index (χ1) is 9.38. The number of carbonyl (C=O) groups excluding carboxylic acids is 1. The molecule has 0 radical (unpaired) electrons. The highest BCUT2D eigenvalue weighted by molar-refractivity contribution is 7.89. The predicted octanol–water partition coefficient (Wildman–Crippen LogP) is 1.35. The molecule has 6 nitrogen and oxygen atoms in total. The van der Waals surface area contributed by atoms with E-state index >= 15 is 0 Å². The summed E-state index contributed by atoms with van der Waals surface area (Å²) in [5.74, 6) is -0.253. The zero-order valence-electron chi connectivity index (χ0n) is 10.6. The number of hydrogen-bond acceptors (Lipinski definition) is 4. The minimum Gasteiger partial charge on any atom is -0.381 e. The van der Waals surface area contributed by atoms with Gasteiger partial charge in [0, 0.05) is 19.1 Å². The number of ether oxygens (including phenoxy) is 1. The van der Waals surface area contributed by atoms with Crippen molar-refractivity contribution in [2.24, 2.45) is 11.1 Å². The largest absolute Gasteiger partial charge is 0.381 e. The minimum absolute atomic E-state index is 0.0911. The third kappa shape index (κ3) is 3.69. The summed E-state index contributed by atoms with van der Waals surface area (Å²) in [6, 6.07) is 3.95. The summed E-state index contributed by atoms with van der Waals surface area (Å²) >= 11 is 5.96. The highest BCUT2D eigenvalue weighted by Gasteiger charge is 2.22. The fourth-order valence-electron chi connectivity index (χ4n) is 1.97. The van der Waals surface area contributed by atoms with Crippen molar-refractivity contribution < 1.29 is 17.9 Å². The average molecular weight is 319 g/mol. The molecular weight excluding hydrogens is 304 g/mol. The van der Waals surface area contributed by atoms with E-state index in [0.717, 1.165) is 0 Å². The van der Waals surface area contributed by atoms with E-state index in [1.54, 1.807) is 0 Å². The molecule has 3 N–H and O–H groups in total. The van der Waals surface area contributed by atoms with E-state index in [9.17, 15) is 13.2 Å². The number of hydrogen-bond donors (Lipinski definition) is 2. The number of anilines is 1. The van der Waals surface area contributed by atoms with Crippen LogP contribution < -0.4 is 10.5 Å². The molecule has 20 heavy (non-hydrogen) atoms. The second-order valence-corrected chi connectivity index (χ2v) is 6.53. The molecule has 0 saturated carbocycles. The van der Waals surface area contributed by atoms with Crippen LogP contribution in [0.4, 0.5) is 5.69 Å². The lowest BCUT2D eigenvalue weighted by Crippen LogP contribution is -2.28. The van der Waals surface area contributed by atoms with E-state index in [1.807, 2.05) is 0 Å². The standard InChI is InChI=1S/C12H15ClN2O4S/c13-10-7-9(20(14,17)18)1-2-11(10)15-12(16)8-3-5-19-6-4-8/h1-2,7-8H,3-6H2,(H,15,16)(H2,14,17,18). The second kappa shape index (κ2) is 6.09. The van der Waals surface area contributed by atoms with Gasteiger partial charge in [-0.1, -0.05) is 11.6 Å². The van der Waals surface area contributed by atoms with Crippen molar-refractivity contribution >= 4 is 33.2 Å². The van der Waals surface area contributed by atoms with Crippen LogP contribution in [0, 0.1) is 5.92 Å². The molecule has 1 aromatic carbocycles. The van der Waals surface area contributed by atoms with Gasteiger partial charge in [-0.15, -0.1) is 0 Å². The number of amides is 1. The van der Waals surface area contributed by atoms with E-state index in [2.05, 4.69) is 5.32 Å². The summed E-state index contributed by atoms with van der Waals surface area (Å²) < 4.78 is 27.6. The average Bonchev–Trinajstić information content (AvgIpc) is 2.41. The molecule has 1 aliphatic heterocycles. The molecule has 2 rings (SSSR count). The van der Waals surface area contributed by atoms with E-state index in [1.165, 1.54) is 18.2 Å². The quantitative estimate of drug-likeness (QED) is 0.878. The number of nitrogens with one attached hydrogen (secondary N) is 1. The van der Waals surface area contributed by atoms with E-state index in [0.29, 0.717) is 31.7 Å². The van der Waals surface area contributed by atoms with Crippen molar-refractivity contribution in [1.82, 2.24) is 0 Å². The lowest BCUT2D eigenvalue weighted by Gasteiger charge is -2.21. The fourth-order valence-corrected chi connectivity index (χ4v) is 2.80. The van der Waals surface area contributed by atoms with Crippen molar-refractivity contribution in [2.75, 3.05) is 18.5 Å². The predicted molar refractivity (Wildman–Crippen MR) is 75.0 cm³/mol. The van der Waals surface area contributed by atoms with Gasteiger partial charge in [0.25, 0.3) is 0 Å². The first kappa shape index (κ1) is 15.2. The van der Waals surface area contributed by atoms with Crippen LogP contribution in [-0.4, -0.2) is 27.5 Å². The van der Waals surface area contributed by atoms with Crippen LogP contribution in [0.25, 0.3) is 0 Å². The number of halogens is 1. The van der Waals surface area contributed by atoms with Crippen LogP contribution in [-0.2, 0) is 19.6 Å². The molecule has 1 saturated heterocycles. The van der Waals surface area contributed by atoms with Gasteiger partial charge < -0.3 is 10.1 Å². The summed E-state index contributed by atoms with van der Waals surface area (Å²) in [5, 5.41) is 7.84. The van der Waals surface area contributed by atoms with Crippen molar-refractivity contribution in [2.45, 2.75) is 17.7 Å². The fraction of sp³-hybridized carbons (Fsp3) is 0.417. The van der Waals surface area contributed by atoms with Crippen molar-refractivity contribution in [1.29, 1.82) is 0 Å². The third-order valence-corrected chi connectivity index (χ3v) is 4.34. The van der Waals surface area contributed by atoms with Crippen LogP contribution in [0.2, 0.25) is 5.02 Å². The molecule has 0 unspecified atom stereocenters. The monoisotopic (exact) mass is 318 g/mol. The number of rotatable bonds is 3. The Labute approximate surface area is 122 Å². The summed E-state index contributed by atoms with van der Waals surface area (Å²) in [6.45, 7) is 1.13. The molecule has 1 aromatic rings. The maximum atomic E-state index is 12.0. The summed E-state index contributed by atoms with van der Waals surface area (Å²) in [7, 11) is -3.80. The third-order valence-electron chi connectivity index (χ3n) is 3.12. The number of benzene rings is 1. The Morgan fingerprint density at radius 3 is 2.55 bits per heavy atom. The molecule has 1 amide bonds.